The number of ether oxygens (including phenoxy) is 2. The Morgan fingerprint density at radius 3 is 2.43 bits per heavy atom. The van der Waals surface area contributed by atoms with Gasteiger partial charge < -0.3 is 14.6 Å². The third-order valence-electron chi connectivity index (χ3n) is 4.34. The third-order valence-corrected chi connectivity index (χ3v) is 6.21. The molecule has 156 valence electrons. The predicted molar refractivity (Wildman–Crippen MR) is 101 cm³/mol. The number of esters is 2. The highest BCUT2D eigenvalue weighted by atomic mass is 32.2. The van der Waals surface area contributed by atoms with Crippen LogP contribution in [0, 0.1) is 13.8 Å². The van der Waals surface area contributed by atoms with Gasteiger partial charge in [0, 0.05) is 13.0 Å². The van der Waals surface area contributed by atoms with Crippen LogP contribution in [0.2, 0.25) is 0 Å². The summed E-state index contributed by atoms with van der Waals surface area (Å²) in [5, 5.41) is 9.95. The number of carbonyl (C=O) groups is 2. The van der Waals surface area contributed by atoms with Crippen molar-refractivity contribution < 1.29 is 32.6 Å². The number of hydrogen-bond acceptors (Lipinski definition) is 7. The number of rotatable bonds is 5. The number of sulfonamides is 1. The van der Waals surface area contributed by atoms with E-state index in [1.165, 1.54) is 12.1 Å². The third kappa shape index (κ3) is 5.30. The normalized spacial score (nSPS) is 20.8. The molecule has 1 heterocycles. The molecule has 0 bridgehead atoms. The number of carbonyl (C=O) groups excluding carboxylic acids is 2. The van der Waals surface area contributed by atoms with E-state index in [0.29, 0.717) is 0 Å². The second kappa shape index (κ2) is 8.18. The molecule has 9 heteroatoms. The zero-order chi connectivity index (χ0) is 21.3. The van der Waals surface area contributed by atoms with E-state index in [1.54, 1.807) is 33.8 Å². The van der Waals surface area contributed by atoms with Crippen molar-refractivity contribution in [1.82, 2.24) is 4.31 Å². The van der Waals surface area contributed by atoms with E-state index in [-0.39, 0.29) is 17.9 Å². The zero-order valence-corrected chi connectivity index (χ0v) is 17.6. The highest BCUT2D eigenvalue weighted by molar-refractivity contribution is 7.89. The smallest absolute Gasteiger partial charge is 0.344 e. The minimum Gasteiger partial charge on any atom is -0.457 e. The van der Waals surface area contributed by atoms with Gasteiger partial charge in [0.15, 0.2) is 6.61 Å². The molecule has 0 saturated carbocycles. The van der Waals surface area contributed by atoms with Crippen molar-refractivity contribution in [3.63, 3.8) is 0 Å². The van der Waals surface area contributed by atoms with Crippen molar-refractivity contribution in [2.45, 2.75) is 63.7 Å². The van der Waals surface area contributed by atoms with E-state index in [2.05, 4.69) is 0 Å². The standard InChI is InChI=1S/C19H27NO7S/c1-12-6-7-15(8-13(12)2)28(24,25)20-10-14(21)9-16(20)18(23)26-11-17(22)27-19(3,4)5/h6-8,14,16,21H,9-11H2,1-5H3/t14-,16-/m0/s1. The number of aliphatic hydroxyl groups is 1. The maximum Gasteiger partial charge on any atom is 0.344 e. The number of hydrogen-bond donors (Lipinski definition) is 1. The molecule has 0 spiro atoms. The quantitative estimate of drug-likeness (QED) is 0.725. The minimum atomic E-state index is -4.02. The Morgan fingerprint density at radius 1 is 1.21 bits per heavy atom. The molecule has 0 radical (unpaired) electrons. The first kappa shape index (κ1) is 22.3. The molecule has 1 fully saturated rings. The summed E-state index contributed by atoms with van der Waals surface area (Å²) in [6.07, 6.45) is -1.10. The summed E-state index contributed by atoms with van der Waals surface area (Å²) in [7, 11) is -4.02. The highest BCUT2D eigenvalue weighted by Crippen LogP contribution is 2.28. The van der Waals surface area contributed by atoms with Crippen LogP contribution >= 0.6 is 0 Å². The molecular weight excluding hydrogens is 386 g/mol. The van der Waals surface area contributed by atoms with E-state index >= 15 is 0 Å². The van der Waals surface area contributed by atoms with Gasteiger partial charge in [-0.05, 0) is 57.9 Å². The Bertz CT molecular complexity index is 858. The monoisotopic (exact) mass is 413 g/mol. The van der Waals surface area contributed by atoms with Crippen LogP contribution in [-0.2, 0) is 29.1 Å². The fourth-order valence-electron chi connectivity index (χ4n) is 2.87. The predicted octanol–water partition coefficient (Wildman–Crippen LogP) is 1.31. The Hall–Kier alpha value is -1.97. The van der Waals surface area contributed by atoms with Gasteiger partial charge in [-0.15, -0.1) is 0 Å². The van der Waals surface area contributed by atoms with Crippen LogP contribution in [0.15, 0.2) is 23.1 Å². The Kier molecular flexibility index (Phi) is 6.52. The van der Waals surface area contributed by atoms with Gasteiger partial charge in [0.2, 0.25) is 10.0 Å². The summed E-state index contributed by atoms with van der Waals surface area (Å²) >= 11 is 0. The molecule has 1 aliphatic heterocycles. The van der Waals surface area contributed by atoms with Gasteiger partial charge in [-0.3, -0.25) is 4.79 Å². The van der Waals surface area contributed by atoms with Crippen LogP contribution in [0.5, 0.6) is 0 Å². The van der Waals surface area contributed by atoms with Crippen LogP contribution < -0.4 is 0 Å². The largest absolute Gasteiger partial charge is 0.457 e. The van der Waals surface area contributed by atoms with Crippen molar-refractivity contribution in [1.29, 1.82) is 0 Å². The molecule has 1 saturated heterocycles. The van der Waals surface area contributed by atoms with Gasteiger partial charge in [0.25, 0.3) is 0 Å². The number of aryl methyl sites for hydroxylation is 2. The average Bonchev–Trinajstić information content (AvgIpc) is 2.96. The minimum absolute atomic E-state index is 0.0367. The average molecular weight is 413 g/mol. The highest BCUT2D eigenvalue weighted by Gasteiger charge is 2.44. The van der Waals surface area contributed by atoms with Gasteiger partial charge in [0.1, 0.15) is 11.6 Å². The first-order chi connectivity index (χ1) is 12.8. The maximum absolute atomic E-state index is 13.0. The number of β-amino-alcohol motifs (C(OH)–C–C–N with tert-alkyl or cyclic N) is 1. The summed E-state index contributed by atoms with van der Waals surface area (Å²) in [4.78, 5) is 24.2. The van der Waals surface area contributed by atoms with E-state index in [1.807, 2.05) is 6.92 Å². The Morgan fingerprint density at radius 2 is 1.86 bits per heavy atom. The first-order valence-electron chi connectivity index (χ1n) is 8.97. The van der Waals surface area contributed by atoms with Gasteiger partial charge in [-0.25, -0.2) is 13.2 Å². The van der Waals surface area contributed by atoms with Crippen molar-refractivity contribution >= 4 is 22.0 Å². The van der Waals surface area contributed by atoms with E-state index < -0.39 is 46.3 Å². The maximum atomic E-state index is 13.0. The molecule has 1 aromatic rings. The fourth-order valence-corrected chi connectivity index (χ4v) is 4.58. The zero-order valence-electron chi connectivity index (χ0n) is 16.8. The van der Waals surface area contributed by atoms with Gasteiger partial charge >= 0.3 is 11.9 Å². The molecule has 1 N–H and O–H groups in total. The van der Waals surface area contributed by atoms with Crippen LogP contribution in [0.1, 0.15) is 38.3 Å². The second-order valence-corrected chi connectivity index (χ2v) is 9.81. The summed E-state index contributed by atoms with van der Waals surface area (Å²) < 4.78 is 36.9. The van der Waals surface area contributed by atoms with Crippen molar-refractivity contribution in [2.24, 2.45) is 0 Å². The molecule has 2 atom stereocenters. The summed E-state index contributed by atoms with van der Waals surface area (Å²) in [5.41, 5.74) is 1.00. The molecule has 28 heavy (non-hydrogen) atoms. The van der Waals surface area contributed by atoms with Crippen molar-refractivity contribution in [3.05, 3.63) is 29.3 Å². The molecule has 2 rings (SSSR count). The lowest BCUT2D eigenvalue weighted by molar-refractivity contribution is -0.167. The summed E-state index contributed by atoms with van der Waals surface area (Å²) in [6, 6.07) is 3.47. The molecule has 8 nitrogen and oxygen atoms in total. The molecule has 0 unspecified atom stereocenters. The van der Waals surface area contributed by atoms with Crippen LogP contribution in [-0.4, -0.2) is 60.7 Å². The molecule has 0 amide bonds. The van der Waals surface area contributed by atoms with E-state index in [9.17, 15) is 23.1 Å². The molecule has 0 aromatic heterocycles. The molecule has 1 aromatic carbocycles. The number of aliphatic hydroxyl groups excluding tert-OH is 1. The molecule has 1 aliphatic rings. The molecular formula is C19H27NO7S. The summed E-state index contributed by atoms with van der Waals surface area (Å²) in [5.74, 6) is -1.63. The summed E-state index contributed by atoms with van der Waals surface area (Å²) in [6.45, 7) is 7.84. The van der Waals surface area contributed by atoms with Crippen LogP contribution in [0.3, 0.4) is 0 Å². The lowest BCUT2D eigenvalue weighted by Gasteiger charge is -2.23. The van der Waals surface area contributed by atoms with E-state index in [4.69, 9.17) is 9.47 Å². The number of benzene rings is 1. The van der Waals surface area contributed by atoms with Gasteiger partial charge in [-0.1, -0.05) is 6.07 Å². The van der Waals surface area contributed by atoms with E-state index in [0.717, 1.165) is 15.4 Å². The van der Waals surface area contributed by atoms with Gasteiger partial charge in [0.05, 0.1) is 11.0 Å². The lowest BCUT2D eigenvalue weighted by atomic mass is 10.1. The Balaban J connectivity index is 2.16. The fraction of sp³-hybridized carbons (Fsp3) is 0.579. The van der Waals surface area contributed by atoms with Crippen molar-refractivity contribution in [3.8, 4) is 0 Å². The second-order valence-electron chi connectivity index (χ2n) is 7.92. The van der Waals surface area contributed by atoms with Crippen LogP contribution in [0.4, 0.5) is 0 Å². The van der Waals surface area contributed by atoms with Crippen molar-refractivity contribution in [2.75, 3.05) is 13.2 Å². The topological polar surface area (TPSA) is 110 Å². The van der Waals surface area contributed by atoms with Gasteiger partial charge in [-0.2, -0.15) is 4.31 Å². The SMILES string of the molecule is Cc1ccc(S(=O)(=O)N2C[C@@H](O)C[C@H]2C(=O)OCC(=O)OC(C)(C)C)cc1C. The first-order valence-corrected chi connectivity index (χ1v) is 10.4. The number of nitrogens with zero attached hydrogens (tertiary/aromatic N) is 1. The Labute approximate surface area is 165 Å². The molecule has 0 aliphatic carbocycles. The van der Waals surface area contributed by atoms with Crippen LogP contribution in [0.25, 0.3) is 0 Å². The lowest BCUT2D eigenvalue weighted by Crippen LogP contribution is -2.42.